The third-order valence-electron chi connectivity index (χ3n) is 3.29. The van der Waals surface area contributed by atoms with E-state index in [1.54, 1.807) is 12.1 Å². The van der Waals surface area contributed by atoms with Crippen LogP contribution in [0.5, 0.6) is 5.75 Å². The van der Waals surface area contributed by atoms with Crippen LogP contribution in [0, 0.1) is 0 Å². The number of aliphatic carboxylic acids is 1. The van der Waals surface area contributed by atoms with Crippen LogP contribution in [0.3, 0.4) is 0 Å². The van der Waals surface area contributed by atoms with Crippen molar-refractivity contribution in [2.24, 2.45) is 0 Å². The van der Waals surface area contributed by atoms with Crippen molar-refractivity contribution in [2.45, 2.75) is 31.9 Å². The standard InChI is InChI=1S/C15H20N2O4S/c1-15(2)6-11(17-13(18)7-22-8-14(19)20)10-5-9(16)3-4-12(10)21-15/h3-5,11H,6-8,16H2,1-2H3,(H,17,18)(H,19,20). The normalized spacial score (nSPS) is 18.9. The summed E-state index contributed by atoms with van der Waals surface area (Å²) in [5, 5.41) is 11.5. The summed E-state index contributed by atoms with van der Waals surface area (Å²) in [4.78, 5) is 22.5. The van der Waals surface area contributed by atoms with Crippen LogP contribution in [0.4, 0.5) is 5.69 Å². The van der Waals surface area contributed by atoms with E-state index in [0.717, 1.165) is 17.3 Å². The fraction of sp³-hybridized carbons (Fsp3) is 0.467. The molecule has 0 saturated heterocycles. The molecular formula is C15H20N2O4S. The van der Waals surface area contributed by atoms with E-state index in [1.807, 2.05) is 19.9 Å². The van der Waals surface area contributed by atoms with Gasteiger partial charge in [0.15, 0.2) is 0 Å². The van der Waals surface area contributed by atoms with Gasteiger partial charge >= 0.3 is 5.97 Å². The molecule has 6 nitrogen and oxygen atoms in total. The number of carbonyl (C=O) groups is 2. The lowest BCUT2D eigenvalue weighted by atomic mass is 9.89. The maximum absolute atomic E-state index is 12.0. The second kappa shape index (κ2) is 6.48. The molecule has 120 valence electrons. The maximum atomic E-state index is 12.0. The molecule has 0 saturated carbocycles. The van der Waals surface area contributed by atoms with E-state index >= 15 is 0 Å². The Bertz CT molecular complexity index is 589. The van der Waals surface area contributed by atoms with Gasteiger partial charge in [0.25, 0.3) is 0 Å². The molecule has 22 heavy (non-hydrogen) atoms. The van der Waals surface area contributed by atoms with E-state index in [4.69, 9.17) is 15.6 Å². The Morgan fingerprint density at radius 3 is 2.86 bits per heavy atom. The molecular weight excluding hydrogens is 304 g/mol. The number of carboxylic acid groups (broad SMARTS) is 1. The maximum Gasteiger partial charge on any atom is 0.313 e. The number of benzene rings is 1. The second-order valence-corrected chi connectivity index (χ2v) is 6.86. The minimum absolute atomic E-state index is 0.0871. The zero-order valence-corrected chi connectivity index (χ0v) is 13.4. The average Bonchev–Trinajstić information content (AvgIpc) is 2.38. The zero-order chi connectivity index (χ0) is 16.3. The smallest absolute Gasteiger partial charge is 0.313 e. The first-order valence-corrected chi connectivity index (χ1v) is 8.10. The monoisotopic (exact) mass is 324 g/mol. The molecule has 1 unspecified atom stereocenters. The Hall–Kier alpha value is -1.89. The summed E-state index contributed by atoms with van der Waals surface area (Å²) in [7, 11) is 0. The SMILES string of the molecule is CC1(C)CC(NC(=O)CSCC(=O)O)c2cc(N)ccc2O1. The number of nitrogens with two attached hydrogens (primary N) is 1. The van der Waals surface area contributed by atoms with Gasteiger partial charge in [0.1, 0.15) is 11.4 Å². The first-order valence-electron chi connectivity index (χ1n) is 6.94. The number of carbonyl (C=O) groups excluding carboxylic acids is 1. The zero-order valence-electron chi connectivity index (χ0n) is 12.6. The number of hydrogen-bond donors (Lipinski definition) is 3. The van der Waals surface area contributed by atoms with E-state index < -0.39 is 11.6 Å². The van der Waals surface area contributed by atoms with Crippen LogP contribution < -0.4 is 15.8 Å². The number of ether oxygens (including phenoxy) is 1. The number of hydrogen-bond acceptors (Lipinski definition) is 5. The highest BCUT2D eigenvalue weighted by Crippen LogP contribution is 2.40. The Morgan fingerprint density at radius 2 is 2.18 bits per heavy atom. The number of thioether (sulfide) groups is 1. The molecule has 1 heterocycles. The molecule has 0 aromatic heterocycles. The lowest BCUT2D eigenvalue weighted by molar-refractivity contribution is -0.133. The Kier molecular flexibility index (Phi) is 4.85. The van der Waals surface area contributed by atoms with Gasteiger partial charge in [-0.3, -0.25) is 9.59 Å². The van der Waals surface area contributed by atoms with E-state index in [9.17, 15) is 9.59 Å². The average molecular weight is 324 g/mol. The second-order valence-electron chi connectivity index (χ2n) is 5.87. The number of anilines is 1. The highest BCUT2D eigenvalue weighted by atomic mass is 32.2. The number of nitrogen functional groups attached to an aromatic ring is 1. The van der Waals surface area contributed by atoms with Crippen molar-refractivity contribution in [3.63, 3.8) is 0 Å². The molecule has 1 aliphatic rings. The fourth-order valence-corrected chi connectivity index (χ4v) is 3.01. The molecule has 0 fully saturated rings. The lowest BCUT2D eigenvalue weighted by Crippen LogP contribution is -2.41. The predicted octanol–water partition coefficient (Wildman–Crippen LogP) is 1.80. The van der Waals surface area contributed by atoms with Gasteiger partial charge in [0, 0.05) is 17.7 Å². The van der Waals surface area contributed by atoms with E-state index in [-0.39, 0.29) is 23.5 Å². The van der Waals surface area contributed by atoms with Gasteiger partial charge < -0.3 is 20.9 Å². The first-order chi connectivity index (χ1) is 10.3. The topological polar surface area (TPSA) is 102 Å². The molecule has 1 amide bonds. The van der Waals surface area contributed by atoms with Crippen molar-refractivity contribution in [2.75, 3.05) is 17.2 Å². The summed E-state index contributed by atoms with van der Waals surface area (Å²) in [5.41, 5.74) is 6.89. The molecule has 1 aliphatic heterocycles. The molecule has 4 N–H and O–H groups in total. The summed E-state index contributed by atoms with van der Waals surface area (Å²) < 4.78 is 5.91. The Balaban J connectivity index is 2.08. The summed E-state index contributed by atoms with van der Waals surface area (Å²) in [6.45, 7) is 3.93. The summed E-state index contributed by atoms with van der Waals surface area (Å²) in [6.07, 6.45) is 0.624. The highest BCUT2D eigenvalue weighted by Gasteiger charge is 2.34. The summed E-state index contributed by atoms with van der Waals surface area (Å²) >= 11 is 1.07. The quantitative estimate of drug-likeness (QED) is 0.714. The van der Waals surface area contributed by atoms with Crippen LogP contribution in [0.15, 0.2) is 18.2 Å². The van der Waals surface area contributed by atoms with Gasteiger partial charge in [0.2, 0.25) is 5.91 Å². The van der Waals surface area contributed by atoms with Gasteiger partial charge in [-0.15, -0.1) is 11.8 Å². The van der Waals surface area contributed by atoms with Gasteiger partial charge in [-0.2, -0.15) is 0 Å². The summed E-state index contributed by atoms with van der Waals surface area (Å²) in [6, 6.07) is 5.19. The van der Waals surface area contributed by atoms with Crippen molar-refractivity contribution in [1.82, 2.24) is 5.32 Å². The molecule has 0 aliphatic carbocycles. The molecule has 1 aromatic rings. The first kappa shape index (κ1) is 16.5. The minimum atomic E-state index is -0.928. The molecule has 2 rings (SSSR count). The molecule has 0 radical (unpaired) electrons. The molecule has 0 bridgehead atoms. The third-order valence-corrected chi connectivity index (χ3v) is 4.20. The Labute approximate surface area is 133 Å². The molecule has 1 aromatic carbocycles. The van der Waals surface area contributed by atoms with E-state index in [0.29, 0.717) is 17.9 Å². The van der Waals surface area contributed by atoms with E-state index in [2.05, 4.69) is 5.32 Å². The largest absolute Gasteiger partial charge is 0.487 e. The van der Waals surface area contributed by atoms with Crippen molar-refractivity contribution >= 4 is 29.3 Å². The van der Waals surface area contributed by atoms with Gasteiger partial charge in [-0.1, -0.05) is 0 Å². The number of carboxylic acids is 1. The highest BCUT2D eigenvalue weighted by molar-refractivity contribution is 8.00. The molecule has 1 atom stereocenters. The lowest BCUT2D eigenvalue weighted by Gasteiger charge is -2.38. The van der Waals surface area contributed by atoms with Gasteiger partial charge in [0.05, 0.1) is 17.5 Å². The van der Waals surface area contributed by atoms with E-state index in [1.165, 1.54) is 0 Å². The van der Waals surface area contributed by atoms with Crippen molar-refractivity contribution in [3.05, 3.63) is 23.8 Å². The van der Waals surface area contributed by atoms with Crippen molar-refractivity contribution in [1.29, 1.82) is 0 Å². The van der Waals surface area contributed by atoms with Crippen molar-refractivity contribution in [3.8, 4) is 5.75 Å². The van der Waals surface area contributed by atoms with Gasteiger partial charge in [-0.05, 0) is 32.0 Å². The molecule has 7 heteroatoms. The minimum Gasteiger partial charge on any atom is -0.487 e. The van der Waals surface area contributed by atoms with Crippen LogP contribution in [0.25, 0.3) is 0 Å². The number of amides is 1. The number of nitrogens with one attached hydrogen (secondary N) is 1. The van der Waals surface area contributed by atoms with Crippen LogP contribution in [-0.2, 0) is 9.59 Å². The predicted molar refractivity (Wildman–Crippen MR) is 86.0 cm³/mol. The number of fused-ring (bicyclic) bond motifs is 1. The molecule has 0 spiro atoms. The number of rotatable bonds is 5. The fourth-order valence-electron chi connectivity index (χ4n) is 2.47. The van der Waals surface area contributed by atoms with Crippen LogP contribution in [0.2, 0.25) is 0 Å². The Morgan fingerprint density at radius 1 is 1.45 bits per heavy atom. The third kappa shape index (κ3) is 4.30. The van der Waals surface area contributed by atoms with Crippen molar-refractivity contribution < 1.29 is 19.4 Å². The van der Waals surface area contributed by atoms with Crippen LogP contribution in [-0.4, -0.2) is 34.1 Å². The summed E-state index contributed by atoms with van der Waals surface area (Å²) in [5.74, 6) is -0.378. The van der Waals surface area contributed by atoms with Crippen LogP contribution in [0.1, 0.15) is 31.9 Å². The van der Waals surface area contributed by atoms with Gasteiger partial charge in [-0.25, -0.2) is 0 Å². The van der Waals surface area contributed by atoms with Crippen LogP contribution >= 0.6 is 11.8 Å².